The molecule has 1 N–H and O–H groups in total. The number of rotatable bonds is 5. The lowest BCUT2D eigenvalue weighted by Gasteiger charge is -2.16. The van der Waals surface area contributed by atoms with Crippen molar-refractivity contribution in [3.8, 4) is 17.0 Å². The number of aromatic nitrogens is 1. The third-order valence-corrected chi connectivity index (χ3v) is 5.21. The molecule has 4 rings (SSSR count). The maximum atomic E-state index is 12.9. The van der Waals surface area contributed by atoms with Crippen molar-refractivity contribution in [2.24, 2.45) is 0 Å². The van der Waals surface area contributed by atoms with Crippen LogP contribution in [-0.2, 0) is 4.79 Å². The van der Waals surface area contributed by atoms with Crippen LogP contribution in [0, 0.1) is 0 Å². The van der Waals surface area contributed by atoms with Crippen molar-refractivity contribution >= 4 is 22.7 Å². The quantitative estimate of drug-likeness (QED) is 0.727. The summed E-state index contributed by atoms with van der Waals surface area (Å²) in [6, 6.07) is 16.9. The Bertz CT molecular complexity index is 1040. The van der Waals surface area contributed by atoms with E-state index in [1.54, 1.807) is 18.1 Å². The van der Waals surface area contributed by atoms with E-state index in [0.29, 0.717) is 11.3 Å². The number of nitrogens with zero attached hydrogens (tertiary/aromatic N) is 2. The van der Waals surface area contributed by atoms with Crippen molar-refractivity contribution in [1.82, 2.24) is 15.2 Å². The number of para-hydroxylation sites is 1. The standard InChI is InChI=1S/C23H23N3O3/c1-29-17-10-8-16(9-11-17)21-14-19(18-6-2-3-7-20(18)25-21)23(28)24-15-22(27)26-12-4-5-13-26/h2-3,6-11,14H,4-5,12-13,15H2,1H3,(H,24,28). The highest BCUT2D eigenvalue weighted by Gasteiger charge is 2.20. The molecule has 2 aromatic carbocycles. The van der Waals surface area contributed by atoms with E-state index in [2.05, 4.69) is 5.32 Å². The van der Waals surface area contributed by atoms with Gasteiger partial charge in [0.15, 0.2) is 0 Å². The Balaban J connectivity index is 1.63. The topological polar surface area (TPSA) is 71.5 Å². The first kappa shape index (κ1) is 18.9. The Morgan fingerprint density at radius 1 is 1.07 bits per heavy atom. The van der Waals surface area contributed by atoms with E-state index >= 15 is 0 Å². The highest BCUT2D eigenvalue weighted by atomic mass is 16.5. The molecule has 1 fully saturated rings. The Kier molecular flexibility index (Phi) is 5.42. The number of fused-ring (bicyclic) bond motifs is 1. The number of carbonyl (C=O) groups is 2. The maximum Gasteiger partial charge on any atom is 0.252 e. The normalized spacial score (nSPS) is 13.5. The zero-order valence-corrected chi connectivity index (χ0v) is 16.4. The summed E-state index contributed by atoms with van der Waals surface area (Å²) in [5.41, 5.74) is 2.83. The number of amides is 2. The molecule has 0 bridgehead atoms. The zero-order chi connectivity index (χ0) is 20.2. The number of hydrogen-bond donors (Lipinski definition) is 1. The minimum absolute atomic E-state index is 0.00729. The summed E-state index contributed by atoms with van der Waals surface area (Å²) in [6.07, 6.45) is 2.06. The summed E-state index contributed by atoms with van der Waals surface area (Å²) in [4.78, 5) is 31.7. The van der Waals surface area contributed by atoms with Crippen molar-refractivity contribution in [2.75, 3.05) is 26.7 Å². The van der Waals surface area contributed by atoms with Crippen molar-refractivity contribution < 1.29 is 14.3 Å². The van der Waals surface area contributed by atoms with Crippen LogP contribution in [0.5, 0.6) is 5.75 Å². The average molecular weight is 389 g/mol. The smallest absolute Gasteiger partial charge is 0.252 e. The predicted molar refractivity (Wildman–Crippen MR) is 112 cm³/mol. The SMILES string of the molecule is COc1ccc(-c2cc(C(=O)NCC(=O)N3CCCC3)c3ccccc3n2)cc1. The Morgan fingerprint density at radius 3 is 2.52 bits per heavy atom. The number of methoxy groups -OCH3 is 1. The molecule has 0 spiro atoms. The summed E-state index contributed by atoms with van der Waals surface area (Å²) in [5, 5.41) is 3.55. The van der Waals surface area contributed by atoms with E-state index < -0.39 is 0 Å². The lowest BCUT2D eigenvalue weighted by molar-refractivity contribution is -0.129. The molecule has 2 heterocycles. The molecule has 0 atom stereocenters. The van der Waals surface area contributed by atoms with Crippen molar-refractivity contribution in [1.29, 1.82) is 0 Å². The Hall–Kier alpha value is -3.41. The van der Waals surface area contributed by atoms with Gasteiger partial charge in [-0.15, -0.1) is 0 Å². The number of carbonyl (C=O) groups excluding carboxylic acids is 2. The Morgan fingerprint density at radius 2 is 1.79 bits per heavy atom. The molecule has 6 nitrogen and oxygen atoms in total. The number of likely N-dealkylation sites (tertiary alicyclic amines) is 1. The van der Waals surface area contributed by atoms with E-state index in [0.717, 1.165) is 48.1 Å². The molecular weight excluding hydrogens is 366 g/mol. The third kappa shape index (κ3) is 4.06. The fourth-order valence-corrected chi connectivity index (χ4v) is 3.60. The average Bonchev–Trinajstić information content (AvgIpc) is 3.31. The highest BCUT2D eigenvalue weighted by Crippen LogP contribution is 2.26. The van der Waals surface area contributed by atoms with Gasteiger partial charge in [-0.2, -0.15) is 0 Å². The number of hydrogen-bond acceptors (Lipinski definition) is 4. The van der Waals surface area contributed by atoms with Gasteiger partial charge in [-0.3, -0.25) is 9.59 Å². The van der Waals surface area contributed by atoms with Crippen LogP contribution in [0.3, 0.4) is 0 Å². The molecule has 0 radical (unpaired) electrons. The number of pyridine rings is 1. The van der Waals surface area contributed by atoms with Crippen LogP contribution < -0.4 is 10.1 Å². The van der Waals surface area contributed by atoms with Gasteiger partial charge >= 0.3 is 0 Å². The molecule has 148 valence electrons. The second kappa shape index (κ2) is 8.31. The van der Waals surface area contributed by atoms with E-state index in [4.69, 9.17) is 9.72 Å². The van der Waals surface area contributed by atoms with Gasteiger partial charge in [0.05, 0.1) is 30.4 Å². The summed E-state index contributed by atoms with van der Waals surface area (Å²) >= 11 is 0. The van der Waals surface area contributed by atoms with E-state index in [1.165, 1.54) is 0 Å². The van der Waals surface area contributed by atoms with Crippen LogP contribution in [0.25, 0.3) is 22.2 Å². The summed E-state index contributed by atoms with van der Waals surface area (Å²) in [6.45, 7) is 1.55. The number of nitrogens with one attached hydrogen (secondary N) is 1. The van der Waals surface area contributed by atoms with Crippen LogP contribution in [0.1, 0.15) is 23.2 Å². The lowest BCUT2D eigenvalue weighted by Crippen LogP contribution is -2.38. The minimum atomic E-state index is -0.272. The van der Waals surface area contributed by atoms with Gasteiger partial charge in [0.25, 0.3) is 5.91 Å². The van der Waals surface area contributed by atoms with Gasteiger partial charge in [-0.1, -0.05) is 18.2 Å². The van der Waals surface area contributed by atoms with Crippen LogP contribution in [0.15, 0.2) is 54.6 Å². The van der Waals surface area contributed by atoms with Crippen LogP contribution in [0.2, 0.25) is 0 Å². The largest absolute Gasteiger partial charge is 0.497 e. The first-order valence-corrected chi connectivity index (χ1v) is 9.76. The van der Waals surface area contributed by atoms with Crippen molar-refractivity contribution in [3.05, 3.63) is 60.2 Å². The first-order chi connectivity index (χ1) is 14.2. The lowest BCUT2D eigenvalue weighted by atomic mass is 10.0. The second-order valence-electron chi connectivity index (χ2n) is 7.07. The first-order valence-electron chi connectivity index (χ1n) is 9.76. The van der Waals surface area contributed by atoms with Crippen LogP contribution in [0.4, 0.5) is 0 Å². The van der Waals surface area contributed by atoms with Gasteiger partial charge in [0, 0.05) is 24.0 Å². The monoisotopic (exact) mass is 389 g/mol. The molecular formula is C23H23N3O3. The van der Waals surface area contributed by atoms with E-state index in [-0.39, 0.29) is 18.4 Å². The Labute approximate surface area is 169 Å². The summed E-state index contributed by atoms with van der Waals surface area (Å²) < 4.78 is 5.21. The molecule has 1 aromatic heterocycles. The number of benzene rings is 2. The molecule has 1 saturated heterocycles. The van der Waals surface area contributed by atoms with Gasteiger partial charge in [-0.05, 0) is 49.2 Å². The fraction of sp³-hybridized carbons (Fsp3) is 0.261. The highest BCUT2D eigenvalue weighted by molar-refractivity contribution is 6.08. The fourth-order valence-electron chi connectivity index (χ4n) is 3.60. The van der Waals surface area contributed by atoms with Gasteiger partial charge in [-0.25, -0.2) is 4.98 Å². The molecule has 29 heavy (non-hydrogen) atoms. The summed E-state index contributed by atoms with van der Waals surface area (Å²) in [7, 11) is 1.62. The number of ether oxygens (including phenoxy) is 1. The van der Waals surface area contributed by atoms with Crippen LogP contribution in [-0.4, -0.2) is 48.4 Å². The molecule has 0 saturated carbocycles. The molecule has 6 heteroatoms. The zero-order valence-electron chi connectivity index (χ0n) is 16.4. The predicted octanol–water partition coefficient (Wildman–Crippen LogP) is 3.26. The third-order valence-electron chi connectivity index (χ3n) is 5.21. The van der Waals surface area contributed by atoms with Crippen molar-refractivity contribution in [2.45, 2.75) is 12.8 Å². The molecule has 0 aliphatic carbocycles. The molecule has 0 unspecified atom stereocenters. The van der Waals surface area contributed by atoms with Crippen LogP contribution >= 0.6 is 0 Å². The molecule has 1 aliphatic heterocycles. The summed E-state index contributed by atoms with van der Waals surface area (Å²) in [5.74, 6) is 0.448. The molecule has 1 aliphatic rings. The van der Waals surface area contributed by atoms with Gasteiger partial charge in [0.1, 0.15) is 5.75 Å². The molecule has 2 amide bonds. The van der Waals surface area contributed by atoms with Gasteiger partial charge in [0.2, 0.25) is 5.91 Å². The van der Waals surface area contributed by atoms with Crippen molar-refractivity contribution in [3.63, 3.8) is 0 Å². The van der Waals surface area contributed by atoms with E-state index in [1.807, 2.05) is 48.5 Å². The maximum absolute atomic E-state index is 12.9. The van der Waals surface area contributed by atoms with E-state index in [9.17, 15) is 9.59 Å². The molecule has 3 aromatic rings. The van der Waals surface area contributed by atoms with Gasteiger partial charge < -0.3 is 15.0 Å². The minimum Gasteiger partial charge on any atom is -0.497 e. The second-order valence-corrected chi connectivity index (χ2v) is 7.07.